The molecule has 1 aromatic carbocycles. The van der Waals surface area contributed by atoms with Crippen molar-refractivity contribution >= 4 is 17.5 Å². The van der Waals surface area contributed by atoms with E-state index in [4.69, 9.17) is 0 Å². The van der Waals surface area contributed by atoms with Gasteiger partial charge in [0.15, 0.2) is 5.78 Å². The van der Waals surface area contributed by atoms with Crippen molar-refractivity contribution in [2.24, 2.45) is 0 Å². The fraction of sp³-hybridized carbons (Fsp3) is 0.222. The second-order valence-electron chi connectivity index (χ2n) is 5.22. The first-order valence-electron chi connectivity index (χ1n) is 7.30. The summed E-state index contributed by atoms with van der Waals surface area (Å²) in [6.07, 6.45) is 9.29. The first kappa shape index (κ1) is 13.6. The number of anilines is 1. The van der Waals surface area contributed by atoms with E-state index in [1.54, 1.807) is 30.6 Å². The largest absolute Gasteiger partial charge is 0.372 e. The molecule has 0 saturated carbocycles. The van der Waals surface area contributed by atoms with Crippen LogP contribution in [0.25, 0.3) is 6.08 Å². The van der Waals surface area contributed by atoms with Crippen LogP contribution in [0.3, 0.4) is 0 Å². The molecule has 0 amide bonds. The molecule has 1 aliphatic heterocycles. The molecule has 0 radical (unpaired) electrons. The second-order valence-corrected chi connectivity index (χ2v) is 5.22. The van der Waals surface area contributed by atoms with E-state index in [1.165, 1.54) is 18.5 Å². The third-order valence-corrected chi connectivity index (χ3v) is 3.76. The molecular weight excluding hydrogens is 260 g/mol. The van der Waals surface area contributed by atoms with Gasteiger partial charge >= 0.3 is 0 Å². The highest BCUT2D eigenvalue weighted by molar-refractivity contribution is 6.06. The normalized spacial score (nSPS) is 14.8. The molecule has 106 valence electrons. The fourth-order valence-electron chi connectivity index (χ4n) is 2.56. The van der Waals surface area contributed by atoms with Crippen molar-refractivity contribution in [1.29, 1.82) is 0 Å². The van der Waals surface area contributed by atoms with Crippen LogP contribution in [-0.2, 0) is 0 Å². The monoisotopic (exact) mass is 278 g/mol. The fourth-order valence-corrected chi connectivity index (χ4v) is 2.56. The van der Waals surface area contributed by atoms with Crippen molar-refractivity contribution in [3.05, 3.63) is 66.0 Å². The van der Waals surface area contributed by atoms with Crippen molar-refractivity contribution < 1.29 is 4.79 Å². The lowest BCUT2D eigenvalue weighted by molar-refractivity contribution is 0.104. The van der Waals surface area contributed by atoms with Crippen LogP contribution in [0, 0.1) is 0 Å². The number of pyridine rings is 1. The summed E-state index contributed by atoms with van der Waals surface area (Å²) in [5, 5.41) is 0. The molecule has 0 N–H and O–H groups in total. The standard InChI is InChI=1S/C18H18N2O/c21-18(16-9-11-19-12-10-16)8-5-15-3-6-17(7-4-15)20-13-1-2-14-20/h3-12H,1-2,13-14H2/b8-5-. The molecule has 0 unspecified atom stereocenters. The summed E-state index contributed by atoms with van der Waals surface area (Å²) in [7, 11) is 0. The van der Waals surface area contributed by atoms with Crippen molar-refractivity contribution in [3.63, 3.8) is 0 Å². The number of ketones is 1. The number of benzene rings is 1. The predicted octanol–water partition coefficient (Wildman–Crippen LogP) is 3.58. The number of nitrogens with zero attached hydrogens (tertiary/aromatic N) is 2. The number of allylic oxidation sites excluding steroid dienone is 1. The van der Waals surface area contributed by atoms with E-state index in [2.05, 4.69) is 34.1 Å². The summed E-state index contributed by atoms with van der Waals surface area (Å²) in [5.74, 6) is 0.000944. The summed E-state index contributed by atoms with van der Waals surface area (Å²) in [6.45, 7) is 2.30. The number of hydrogen-bond donors (Lipinski definition) is 0. The van der Waals surface area contributed by atoms with E-state index in [9.17, 15) is 4.79 Å². The highest BCUT2D eigenvalue weighted by atomic mass is 16.1. The van der Waals surface area contributed by atoms with Crippen LogP contribution in [0.5, 0.6) is 0 Å². The minimum absolute atomic E-state index is 0.000944. The average Bonchev–Trinajstić information content (AvgIpc) is 3.08. The topological polar surface area (TPSA) is 33.2 Å². The Hall–Kier alpha value is -2.42. The van der Waals surface area contributed by atoms with Gasteiger partial charge in [0.05, 0.1) is 0 Å². The molecule has 3 heteroatoms. The van der Waals surface area contributed by atoms with Gasteiger partial charge in [0.2, 0.25) is 0 Å². The SMILES string of the molecule is O=C(/C=C\c1ccc(N2CCCC2)cc1)c1ccncc1. The van der Waals surface area contributed by atoms with Crippen LogP contribution >= 0.6 is 0 Å². The van der Waals surface area contributed by atoms with Crippen LogP contribution in [0.2, 0.25) is 0 Å². The molecule has 0 aliphatic carbocycles. The third kappa shape index (κ3) is 3.37. The Labute approximate surface area is 124 Å². The van der Waals surface area contributed by atoms with E-state index in [0.717, 1.165) is 18.7 Å². The zero-order chi connectivity index (χ0) is 14.5. The Bertz CT molecular complexity index is 626. The molecule has 21 heavy (non-hydrogen) atoms. The van der Waals surface area contributed by atoms with Gasteiger partial charge in [-0.1, -0.05) is 18.2 Å². The molecule has 1 aliphatic rings. The lowest BCUT2D eigenvalue weighted by atomic mass is 10.1. The molecule has 1 aromatic heterocycles. The van der Waals surface area contributed by atoms with E-state index < -0.39 is 0 Å². The maximum Gasteiger partial charge on any atom is 0.185 e. The van der Waals surface area contributed by atoms with Crippen molar-refractivity contribution in [3.8, 4) is 0 Å². The van der Waals surface area contributed by atoms with Gasteiger partial charge in [0.25, 0.3) is 0 Å². The Kier molecular flexibility index (Phi) is 4.10. The summed E-state index contributed by atoms with van der Waals surface area (Å²) in [6, 6.07) is 11.8. The summed E-state index contributed by atoms with van der Waals surface area (Å²) >= 11 is 0. The first-order valence-corrected chi connectivity index (χ1v) is 7.30. The molecular formula is C18H18N2O. The Morgan fingerprint density at radius 2 is 1.67 bits per heavy atom. The Morgan fingerprint density at radius 3 is 2.33 bits per heavy atom. The van der Waals surface area contributed by atoms with Crippen LogP contribution in [0.1, 0.15) is 28.8 Å². The second kappa shape index (κ2) is 6.35. The van der Waals surface area contributed by atoms with Gasteiger partial charge in [-0.05, 0) is 48.7 Å². The Balaban J connectivity index is 1.67. The average molecular weight is 278 g/mol. The molecule has 2 aromatic rings. The molecule has 3 rings (SSSR count). The molecule has 2 heterocycles. The van der Waals surface area contributed by atoms with Crippen LogP contribution in [-0.4, -0.2) is 23.9 Å². The molecule has 1 fully saturated rings. The maximum atomic E-state index is 12.0. The predicted molar refractivity (Wildman–Crippen MR) is 85.5 cm³/mol. The van der Waals surface area contributed by atoms with E-state index >= 15 is 0 Å². The summed E-state index contributed by atoms with van der Waals surface area (Å²) in [5.41, 5.74) is 2.97. The van der Waals surface area contributed by atoms with E-state index in [-0.39, 0.29) is 5.78 Å². The smallest absolute Gasteiger partial charge is 0.185 e. The van der Waals surface area contributed by atoms with Gasteiger partial charge in [-0.3, -0.25) is 9.78 Å². The Morgan fingerprint density at radius 1 is 1.00 bits per heavy atom. The van der Waals surface area contributed by atoms with Gasteiger partial charge in [-0.2, -0.15) is 0 Å². The van der Waals surface area contributed by atoms with Gasteiger partial charge in [0.1, 0.15) is 0 Å². The lowest BCUT2D eigenvalue weighted by Gasteiger charge is -2.17. The van der Waals surface area contributed by atoms with Crippen molar-refractivity contribution in [2.75, 3.05) is 18.0 Å². The molecule has 0 bridgehead atoms. The van der Waals surface area contributed by atoms with Gasteiger partial charge in [0, 0.05) is 36.7 Å². The molecule has 3 nitrogen and oxygen atoms in total. The number of aromatic nitrogens is 1. The van der Waals surface area contributed by atoms with Crippen LogP contribution < -0.4 is 4.90 Å². The molecule has 0 spiro atoms. The summed E-state index contributed by atoms with van der Waals surface area (Å²) in [4.78, 5) is 18.3. The molecule has 1 saturated heterocycles. The van der Waals surface area contributed by atoms with E-state index in [1.807, 2.05) is 6.08 Å². The lowest BCUT2D eigenvalue weighted by Crippen LogP contribution is -2.17. The van der Waals surface area contributed by atoms with Crippen molar-refractivity contribution in [2.45, 2.75) is 12.8 Å². The zero-order valence-corrected chi connectivity index (χ0v) is 11.9. The first-order chi connectivity index (χ1) is 10.3. The maximum absolute atomic E-state index is 12.0. The minimum atomic E-state index is 0.000944. The number of hydrogen-bond acceptors (Lipinski definition) is 3. The molecule has 0 atom stereocenters. The number of rotatable bonds is 4. The van der Waals surface area contributed by atoms with Crippen LogP contribution in [0.4, 0.5) is 5.69 Å². The van der Waals surface area contributed by atoms with Gasteiger partial charge in [-0.25, -0.2) is 0 Å². The highest BCUT2D eigenvalue weighted by Crippen LogP contribution is 2.20. The van der Waals surface area contributed by atoms with Gasteiger partial charge < -0.3 is 4.90 Å². The zero-order valence-electron chi connectivity index (χ0n) is 11.9. The highest BCUT2D eigenvalue weighted by Gasteiger charge is 2.11. The van der Waals surface area contributed by atoms with Gasteiger partial charge in [-0.15, -0.1) is 0 Å². The van der Waals surface area contributed by atoms with Crippen molar-refractivity contribution in [1.82, 2.24) is 4.98 Å². The number of carbonyl (C=O) groups is 1. The number of carbonyl (C=O) groups excluding carboxylic acids is 1. The van der Waals surface area contributed by atoms with E-state index in [0.29, 0.717) is 5.56 Å². The minimum Gasteiger partial charge on any atom is -0.372 e. The third-order valence-electron chi connectivity index (χ3n) is 3.76. The quantitative estimate of drug-likeness (QED) is 0.633. The summed E-state index contributed by atoms with van der Waals surface area (Å²) < 4.78 is 0. The van der Waals surface area contributed by atoms with Crippen LogP contribution in [0.15, 0.2) is 54.9 Å².